The Morgan fingerprint density at radius 2 is 1.84 bits per heavy atom. The van der Waals surface area contributed by atoms with Crippen molar-refractivity contribution in [2.45, 2.75) is 45.7 Å². The number of benzene rings is 2. The first kappa shape index (κ1) is 28.1. The lowest BCUT2D eigenvalue weighted by Gasteiger charge is -2.22. The molecule has 2 aromatic carbocycles. The number of aromatic nitrogens is 2. The number of hydrogen-bond donors (Lipinski definition) is 2. The van der Waals surface area contributed by atoms with Gasteiger partial charge in [0.15, 0.2) is 5.69 Å². The molecule has 2 N–H and O–H groups in total. The molecule has 3 heterocycles. The second-order valence-corrected chi connectivity index (χ2v) is 11.6. The zero-order valence-corrected chi connectivity index (χ0v) is 24.1. The minimum Gasteiger partial charge on any atom is -0.355 e. The lowest BCUT2D eigenvalue weighted by atomic mass is 10.1. The van der Waals surface area contributed by atoms with Gasteiger partial charge in [0.2, 0.25) is 5.91 Å². The monoisotopic (exact) mass is 578 g/mol. The van der Waals surface area contributed by atoms with Crippen LogP contribution in [0, 0.1) is 28.5 Å². The third-order valence-corrected chi connectivity index (χ3v) is 8.51. The third-order valence-electron chi connectivity index (χ3n) is 8.51. The number of halogens is 1. The van der Waals surface area contributed by atoms with E-state index >= 15 is 0 Å². The fraction of sp³-hybridized carbons (Fsp3) is 0.303. The van der Waals surface area contributed by atoms with Crippen molar-refractivity contribution in [1.29, 1.82) is 5.26 Å². The van der Waals surface area contributed by atoms with E-state index < -0.39 is 23.0 Å². The van der Waals surface area contributed by atoms with E-state index in [9.17, 15) is 24.0 Å². The van der Waals surface area contributed by atoms with Crippen molar-refractivity contribution in [3.05, 3.63) is 77.9 Å². The van der Waals surface area contributed by atoms with Crippen LogP contribution in [-0.4, -0.2) is 40.4 Å². The highest BCUT2D eigenvalue weighted by Gasteiger charge is 2.44. The lowest BCUT2D eigenvalue weighted by molar-refractivity contribution is -0.120. The number of carbonyl (C=O) groups is 3. The van der Waals surface area contributed by atoms with E-state index in [4.69, 9.17) is 0 Å². The van der Waals surface area contributed by atoms with E-state index in [0.29, 0.717) is 12.1 Å². The van der Waals surface area contributed by atoms with Crippen molar-refractivity contribution < 1.29 is 18.8 Å². The number of amides is 3. The van der Waals surface area contributed by atoms with Crippen molar-refractivity contribution >= 4 is 40.0 Å². The summed E-state index contributed by atoms with van der Waals surface area (Å²) in [5.74, 6) is -1.74. The van der Waals surface area contributed by atoms with Crippen LogP contribution in [0.5, 0.6) is 0 Å². The summed E-state index contributed by atoms with van der Waals surface area (Å²) in [6, 6.07) is 17.9. The molecular formula is C33H31FN6O3. The molecule has 218 valence electrons. The minimum absolute atomic E-state index is 0.0136. The van der Waals surface area contributed by atoms with Crippen LogP contribution >= 0.6 is 0 Å². The Kier molecular flexibility index (Phi) is 6.97. The first-order valence-electron chi connectivity index (χ1n) is 14.3. The second-order valence-electron chi connectivity index (χ2n) is 11.6. The van der Waals surface area contributed by atoms with E-state index in [-0.39, 0.29) is 34.8 Å². The highest BCUT2D eigenvalue weighted by atomic mass is 19.1. The fourth-order valence-electron chi connectivity index (χ4n) is 5.99. The molecule has 10 heteroatoms. The molecule has 4 aromatic rings. The first-order valence-corrected chi connectivity index (χ1v) is 14.3. The Morgan fingerprint density at radius 1 is 1.09 bits per heavy atom. The van der Waals surface area contributed by atoms with Gasteiger partial charge in [0.05, 0.1) is 22.6 Å². The van der Waals surface area contributed by atoms with Gasteiger partial charge in [0, 0.05) is 54.2 Å². The molecule has 2 atom stereocenters. The van der Waals surface area contributed by atoms with Crippen LogP contribution < -0.4 is 15.5 Å². The van der Waals surface area contributed by atoms with Crippen LogP contribution in [0.15, 0.2) is 60.8 Å². The van der Waals surface area contributed by atoms with Gasteiger partial charge in [-0.1, -0.05) is 19.1 Å². The molecule has 1 aliphatic heterocycles. The number of nitrogens with zero attached hydrogens (tertiary/aromatic N) is 4. The number of anilines is 2. The van der Waals surface area contributed by atoms with Gasteiger partial charge in [-0.2, -0.15) is 5.26 Å². The van der Waals surface area contributed by atoms with Crippen molar-refractivity contribution in [2.75, 3.05) is 17.3 Å². The van der Waals surface area contributed by atoms with Gasteiger partial charge in [-0.3, -0.25) is 14.4 Å². The van der Waals surface area contributed by atoms with Crippen molar-refractivity contribution in [2.24, 2.45) is 11.3 Å². The summed E-state index contributed by atoms with van der Waals surface area (Å²) in [4.78, 5) is 44.7. The lowest BCUT2D eigenvalue weighted by Crippen LogP contribution is -2.31. The number of nitrogens with one attached hydrogen (secondary N) is 2. The zero-order valence-electron chi connectivity index (χ0n) is 24.1. The SMILES string of the molecule is CNC(=O)c1cc(NC(=O)c2nccc3cc(-c4ccc(N5C(=O)C(C)CC5C)cc4)n(CC4(C#N)CC4)c23)ccc1F. The number of fused-ring (bicyclic) bond motifs is 1. The molecule has 2 fully saturated rings. The largest absolute Gasteiger partial charge is 0.355 e. The van der Waals surface area contributed by atoms with E-state index in [1.807, 2.05) is 52.8 Å². The maximum Gasteiger partial charge on any atom is 0.276 e. The Labute approximate surface area is 248 Å². The van der Waals surface area contributed by atoms with Gasteiger partial charge < -0.3 is 20.1 Å². The molecule has 3 amide bonds. The van der Waals surface area contributed by atoms with E-state index in [1.54, 1.807) is 6.20 Å². The second kappa shape index (κ2) is 10.7. The highest BCUT2D eigenvalue weighted by Crippen LogP contribution is 2.48. The molecule has 9 nitrogen and oxygen atoms in total. The molecule has 1 aliphatic carbocycles. The highest BCUT2D eigenvalue weighted by molar-refractivity contribution is 6.11. The third kappa shape index (κ3) is 5.01. The molecule has 0 radical (unpaired) electrons. The molecule has 2 unspecified atom stereocenters. The Hall–Kier alpha value is -5.04. The molecule has 6 rings (SSSR count). The maximum absolute atomic E-state index is 14.2. The Morgan fingerprint density at radius 3 is 2.47 bits per heavy atom. The average Bonchev–Trinajstić information content (AvgIpc) is 3.62. The predicted molar refractivity (Wildman–Crippen MR) is 161 cm³/mol. The van der Waals surface area contributed by atoms with E-state index in [1.165, 1.54) is 19.2 Å². The number of rotatable bonds is 7. The van der Waals surface area contributed by atoms with Gasteiger partial charge in [-0.05, 0) is 74.2 Å². The smallest absolute Gasteiger partial charge is 0.276 e. The molecule has 0 spiro atoms. The minimum atomic E-state index is -0.702. The topological polar surface area (TPSA) is 120 Å². The summed E-state index contributed by atoms with van der Waals surface area (Å²) < 4.78 is 16.2. The first-order chi connectivity index (χ1) is 20.6. The number of nitriles is 1. The van der Waals surface area contributed by atoms with E-state index in [0.717, 1.165) is 47.7 Å². The van der Waals surface area contributed by atoms with Crippen molar-refractivity contribution in [1.82, 2.24) is 14.9 Å². The van der Waals surface area contributed by atoms with Gasteiger partial charge in [-0.25, -0.2) is 9.37 Å². The summed E-state index contributed by atoms with van der Waals surface area (Å²) in [5.41, 5.74) is 2.78. The van der Waals surface area contributed by atoms with Crippen LogP contribution in [0.4, 0.5) is 15.8 Å². The number of pyridine rings is 1. The summed E-state index contributed by atoms with van der Waals surface area (Å²) >= 11 is 0. The van der Waals surface area contributed by atoms with Gasteiger partial charge >= 0.3 is 0 Å². The normalized spacial score (nSPS) is 18.9. The molecule has 2 aromatic heterocycles. The Balaban J connectivity index is 1.40. The quantitative estimate of drug-likeness (QED) is 0.299. The molecule has 2 aliphatic rings. The van der Waals surface area contributed by atoms with Crippen LogP contribution in [0.2, 0.25) is 0 Å². The molecular weight excluding hydrogens is 547 g/mol. The van der Waals surface area contributed by atoms with Gasteiger partial charge in [0.25, 0.3) is 11.8 Å². The zero-order chi connectivity index (χ0) is 30.5. The van der Waals surface area contributed by atoms with Gasteiger partial charge in [0.1, 0.15) is 5.82 Å². The van der Waals surface area contributed by atoms with Crippen LogP contribution in [0.25, 0.3) is 22.2 Å². The summed E-state index contributed by atoms with van der Waals surface area (Å²) in [5, 5.41) is 15.9. The molecule has 1 saturated carbocycles. The van der Waals surface area contributed by atoms with Crippen molar-refractivity contribution in [3.8, 4) is 17.3 Å². The predicted octanol–water partition coefficient (Wildman–Crippen LogP) is 5.52. The summed E-state index contributed by atoms with van der Waals surface area (Å²) in [6.45, 7) is 4.38. The standard InChI is InChI=1S/C33H31FN6O3/c1-19-14-20(2)40(32(19)43)24-7-4-21(5-8-24)27-15-22-10-13-37-28(29(22)39(27)18-33(17-35)11-12-33)31(42)38-23-6-9-26(34)25(16-23)30(41)36-3/h4-10,13,15-16,19-20H,11-12,14,18H2,1-3H3,(H,36,41)(H,38,42). The fourth-order valence-corrected chi connectivity index (χ4v) is 5.99. The van der Waals surface area contributed by atoms with Crippen LogP contribution in [-0.2, 0) is 11.3 Å². The summed E-state index contributed by atoms with van der Waals surface area (Å²) in [7, 11) is 1.40. The number of hydrogen-bond acceptors (Lipinski definition) is 5. The molecule has 0 bridgehead atoms. The molecule has 1 saturated heterocycles. The number of carbonyl (C=O) groups excluding carboxylic acids is 3. The Bertz CT molecular complexity index is 1820. The maximum atomic E-state index is 14.2. The molecule has 43 heavy (non-hydrogen) atoms. The van der Waals surface area contributed by atoms with Crippen molar-refractivity contribution in [3.63, 3.8) is 0 Å². The summed E-state index contributed by atoms with van der Waals surface area (Å²) in [6.07, 6.45) is 3.88. The van der Waals surface area contributed by atoms with E-state index in [2.05, 4.69) is 28.6 Å². The average molecular weight is 579 g/mol. The van der Waals surface area contributed by atoms with Gasteiger partial charge in [-0.15, -0.1) is 0 Å². The van der Waals surface area contributed by atoms with Crippen LogP contribution in [0.3, 0.4) is 0 Å². The van der Waals surface area contributed by atoms with Crippen LogP contribution in [0.1, 0.15) is 54.0 Å².